The Bertz CT molecular complexity index is 564. The highest BCUT2D eigenvalue weighted by Gasteiger charge is 2.24. The SMILES string of the molecule is Clc1nccc(OC2CCN(Cc3ccccc3)C2)n1. The maximum Gasteiger partial charge on any atom is 0.225 e. The van der Waals surface area contributed by atoms with Crippen molar-refractivity contribution in [2.75, 3.05) is 13.1 Å². The number of aromatic nitrogens is 2. The summed E-state index contributed by atoms with van der Waals surface area (Å²) in [6, 6.07) is 12.2. The van der Waals surface area contributed by atoms with Crippen molar-refractivity contribution in [2.24, 2.45) is 0 Å². The number of rotatable bonds is 4. The van der Waals surface area contributed by atoms with Crippen LogP contribution in [0, 0.1) is 0 Å². The Balaban J connectivity index is 1.54. The predicted molar refractivity (Wildman–Crippen MR) is 77.8 cm³/mol. The molecule has 1 aliphatic heterocycles. The van der Waals surface area contributed by atoms with E-state index in [-0.39, 0.29) is 11.4 Å². The lowest BCUT2D eigenvalue weighted by Gasteiger charge is -2.16. The molecule has 1 unspecified atom stereocenters. The van der Waals surface area contributed by atoms with Crippen molar-refractivity contribution in [3.05, 3.63) is 53.4 Å². The predicted octanol–water partition coefficient (Wildman–Crippen LogP) is 2.78. The lowest BCUT2D eigenvalue weighted by Crippen LogP contribution is -2.24. The smallest absolute Gasteiger partial charge is 0.225 e. The van der Waals surface area contributed by atoms with Crippen molar-refractivity contribution < 1.29 is 4.74 Å². The van der Waals surface area contributed by atoms with Gasteiger partial charge >= 0.3 is 0 Å². The number of nitrogens with zero attached hydrogens (tertiary/aromatic N) is 3. The van der Waals surface area contributed by atoms with Crippen LogP contribution in [-0.2, 0) is 6.54 Å². The molecule has 1 aromatic carbocycles. The lowest BCUT2D eigenvalue weighted by molar-refractivity contribution is 0.191. The number of halogens is 1. The molecule has 3 rings (SSSR count). The van der Waals surface area contributed by atoms with Crippen molar-refractivity contribution in [3.8, 4) is 5.88 Å². The number of hydrogen-bond donors (Lipinski definition) is 0. The summed E-state index contributed by atoms with van der Waals surface area (Å²) in [5, 5.41) is 0.224. The summed E-state index contributed by atoms with van der Waals surface area (Å²) in [5.41, 5.74) is 1.33. The van der Waals surface area contributed by atoms with Crippen LogP contribution in [0.2, 0.25) is 5.28 Å². The first-order chi connectivity index (χ1) is 9.79. The molecule has 0 N–H and O–H groups in total. The van der Waals surface area contributed by atoms with Gasteiger partial charge in [-0.1, -0.05) is 30.3 Å². The Morgan fingerprint density at radius 2 is 2.10 bits per heavy atom. The molecule has 4 nitrogen and oxygen atoms in total. The fourth-order valence-electron chi connectivity index (χ4n) is 2.43. The topological polar surface area (TPSA) is 38.2 Å². The van der Waals surface area contributed by atoms with Gasteiger partial charge in [0.15, 0.2) is 0 Å². The highest BCUT2D eigenvalue weighted by atomic mass is 35.5. The van der Waals surface area contributed by atoms with Crippen LogP contribution in [0.4, 0.5) is 0 Å². The average Bonchev–Trinajstić information content (AvgIpc) is 2.87. The number of ether oxygens (including phenoxy) is 1. The van der Waals surface area contributed by atoms with Gasteiger partial charge in [0.25, 0.3) is 0 Å². The van der Waals surface area contributed by atoms with Gasteiger partial charge in [0.05, 0.1) is 0 Å². The third-order valence-electron chi connectivity index (χ3n) is 3.37. The minimum Gasteiger partial charge on any atom is -0.473 e. The molecule has 0 amide bonds. The van der Waals surface area contributed by atoms with E-state index in [0.717, 1.165) is 26.1 Å². The summed E-state index contributed by atoms with van der Waals surface area (Å²) in [5.74, 6) is 0.552. The van der Waals surface area contributed by atoms with Gasteiger partial charge in [0.2, 0.25) is 11.2 Å². The van der Waals surface area contributed by atoms with E-state index < -0.39 is 0 Å². The molecule has 2 heterocycles. The maximum absolute atomic E-state index is 5.85. The summed E-state index contributed by atoms with van der Waals surface area (Å²) in [7, 11) is 0. The highest BCUT2D eigenvalue weighted by molar-refractivity contribution is 6.28. The molecule has 0 saturated carbocycles. The molecule has 0 aliphatic carbocycles. The third kappa shape index (κ3) is 3.46. The van der Waals surface area contributed by atoms with Crippen molar-refractivity contribution >= 4 is 11.6 Å². The van der Waals surface area contributed by atoms with E-state index >= 15 is 0 Å². The van der Waals surface area contributed by atoms with Crippen LogP contribution in [0.3, 0.4) is 0 Å². The standard InChI is InChI=1S/C15H16ClN3O/c16-15-17-8-6-14(18-15)20-13-7-9-19(11-13)10-12-4-2-1-3-5-12/h1-6,8,13H,7,9-11H2. The second kappa shape index (κ2) is 6.20. The summed E-state index contributed by atoms with van der Waals surface area (Å²) in [6.07, 6.45) is 2.79. The largest absolute Gasteiger partial charge is 0.473 e. The molecule has 104 valence electrons. The Kier molecular flexibility index (Phi) is 4.14. The second-order valence-corrected chi connectivity index (χ2v) is 5.25. The quantitative estimate of drug-likeness (QED) is 0.811. The summed E-state index contributed by atoms with van der Waals surface area (Å²) < 4.78 is 5.85. The van der Waals surface area contributed by atoms with E-state index in [1.807, 2.05) is 6.07 Å². The van der Waals surface area contributed by atoms with Crippen LogP contribution in [0.15, 0.2) is 42.6 Å². The van der Waals surface area contributed by atoms with E-state index in [1.165, 1.54) is 5.56 Å². The van der Waals surface area contributed by atoms with E-state index in [1.54, 1.807) is 12.3 Å². The van der Waals surface area contributed by atoms with E-state index in [2.05, 4.69) is 39.1 Å². The zero-order chi connectivity index (χ0) is 13.8. The van der Waals surface area contributed by atoms with E-state index in [9.17, 15) is 0 Å². The maximum atomic E-state index is 5.85. The first kappa shape index (κ1) is 13.3. The number of hydrogen-bond acceptors (Lipinski definition) is 4. The molecule has 20 heavy (non-hydrogen) atoms. The molecule has 2 aromatic rings. The van der Waals surface area contributed by atoms with E-state index in [4.69, 9.17) is 16.3 Å². The van der Waals surface area contributed by atoms with Gasteiger partial charge in [-0.25, -0.2) is 4.98 Å². The first-order valence-corrected chi connectivity index (χ1v) is 7.09. The second-order valence-electron chi connectivity index (χ2n) is 4.91. The van der Waals surface area contributed by atoms with Crippen LogP contribution in [-0.4, -0.2) is 34.1 Å². The summed E-state index contributed by atoms with van der Waals surface area (Å²) in [4.78, 5) is 10.3. The Hall–Kier alpha value is -1.65. The van der Waals surface area contributed by atoms with Crippen LogP contribution >= 0.6 is 11.6 Å². The van der Waals surface area contributed by atoms with Crippen LogP contribution in [0.5, 0.6) is 5.88 Å². The van der Waals surface area contributed by atoms with Gasteiger partial charge in [-0.3, -0.25) is 4.90 Å². The molecule has 1 aliphatic rings. The van der Waals surface area contributed by atoms with Gasteiger partial charge in [0, 0.05) is 31.9 Å². The van der Waals surface area contributed by atoms with Gasteiger partial charge in [-0.05, 0) is 23.6 Å². The minimum absolute atomic E-state index is 0.171. The fourth-order valence-corrected chi connectivity index (χ4v) is 2.57. The molecule has 0 spiro atoms. The Morgan fingerprint density at radius 3 is 2.90 bits per heavy atom. The molecule has 0 radical (unpaired) electrons. The summed E-state index contributed by atoms with van der Waals surface area (Å²) in [6.45, 7) is 2.92. The Morgan fingerprint density at radius 1 is 1.25 bits per heavy atom. The summed E-state index contributed by atoms with van der Waals surface area (Å²) >= 11 is 5.75. The van der Waals surface area contributed by atoms with Crippen molar-refractivity contribution in [1.82, 2.24) is 14.9 Å². The van der Waals surface area contributed by atoms with Gasteiger partial charge in [-0.15, -0.1) is 0 Å². The molecule has 1 saturated heterocycles. The van der Waals surface area contributed by atoms with Crippen molar-refractivity contribution in [2.45, 2.75) is 19.1 Å². The monoisotopic (exact) mass is 289 g/mol. The van der Waals surface area contributed by atoms with E-state index in [0.29, 0.717) is 5.88 Å². The van der Waals surface area contributed by atoms with Gasteiger partial charge < -0.3 is 4.74 Å². The Labute approximate surface area is 123 Å². The molecule has 1 aromatic heterocycles. The molecular weight excluding hydrogens is 274 g/mol. The minimum atomic E-state index is 0.171. The molecule has 5 heteroatoms. The van der Waals surface area contributed by atoms with Crippen LogP contribution < -0.4 is 4.74 Å². The van der Waals surface area contributed by atoms with Crippen molar-refractivity contribution in [3.63, 3.8) is 0 Å². The first-order valence-electron chi connectivity index (χ1n) is 6.71. The lowest BCUT2D eigenvalue weighted by atomic mass is 10.2. The molecular formula is C15H16ClN3O. The fraction of sp³-hybridized carbons (Fsp3) is 0.333. The average molecular weight is 290 g/mol. The zero-order valence-electron chi connectivity index (χ0n) is 11.1. The molecule has 0 bridgehead atoms. The third-order valence-corrected chi connectivity index (χ3v) is 3.55. The molecule has 1 fully saturated rings. The highest BCUT2D eigenvalue weighted by Crippen LogP contribution is 2.18. The van der Waals surface area contributed by atoms with Crippen LogP contribution in [0.1, 0.15) is 12.0 Å². The number of likely N-dealkylation sites (tertiary alicyclic amines) is 1. The number of benzene rings is 1. The zero-order valence-corrected chi connectivity index (χ0v) is 11.8. The van der Waals surface area contributed by atoms with Crippen molar-refractivity contribution in [1.29, 1.82) is 0 Å². The van der Waals surface area contributed by atoms with Gasteiger partial charge in [-0.2, -0.15) is 4.98 Å². The normalized spacial score (nSPS) is 19.1. The molecule has 1 atom stereocenters. The van der Waals surface area contributed by atoms with Crippen LogP contribution in [0.25, 0.3) is 0 Å². The van der Waals surface area contributed by atoms with Gasteiger partial charge in [0.1, 0.15) is 6.10 Å².